The third-order valence-electron chi connectivity index (χ3n) is 6.44. The van der Waals surface area contributed by atoms with Crippen molar-refractivity contribution in [3.05, 3.63) is 115 Å². The number of hydrogen-bond acceptors (Lipinski definition) is 3. The molecule has 3 aromatic carbocycles. The van der Waals surface area contributed by atoms with Crippen molar-refractivity contribution in [1.29, 1.82) is 0 Å². The third-order valence-corrected chi connectivity index (χ3v) is 6.44. The number of hydrogen-bond donors (Lipinski definition) is 0. The Hall–Kier alpha value is -4.37. The molecule has 3 nitrogen and oxygen atoms in total. The van der Waals surface area contributed by atoms with Gasteiger partial charge in [-0.15, -0.1) is 0 Å². The van der Waals surface area contributed by atoms with E-state index in [1.807, 2.05) is 36.9 Å². The summed E-state index contributed by atoms with van der Waals surface area (Å²) >= 11 is 0. The Balaban J connectivity index is 1.53. The van der Waals surface area contributed by atoms with Gasteiger partial charge in [-0.25, -0.2) is 0 Å². The normalized spacial score (nSPS) is 11.2. The van der Waals surface area contributed by atoms with Crippen molar-refractivity contribution in [3.8, 4) is 33.5 Å². The van der Waals surface area contributed by atoms with E-state index in [0.29, 0.717) is 0 Å². The first-order valence-corrected chi connectivity index (χ1v) is 11.4. The molecule has 0 saturated heterocycles. The fourth-order valence-electron chi connectivity index (χ4n) is 4.69. The zero-order valence-electron chi connectivity index (χ0n) is 19.2. The summed E-state index contributed by atoms with van der Waals surface area (Å²) in [5, 5.41) is 3.58. The van der Waals surface area contributed by atoms with Crippen LogP contribution in [0.4, 0.5) is 0 Å². The van der Waals surface area contributed by atoms with Gasteiger partial charge in [-0.2, -0.15) is 0 Å². The quantitative estimate of drug-likeness (QED) is 0.265. The van der Waals surface area contributed by atoms with Gasteiger partial charge in [0.2, 0.25) is 0 Å². The van der Waals surface area contributed by atoms with Crippen LogP contribution in [0.15, 0.2) is 104 Å². The van der Waals surface area contributed by atoms with E-state index < -0.39 is 0 Å². The third kappa shape index (κ3) is 3.52. The summed E-state index contributed by atoms with van der Waals surface area (Å²) in [5.74, 6) is 0. The molecule has 6 rings (SSSR count). The van der Waals surface area contributed by atoms with Crippen LogP contribution in [0.5, 0.6) is 0 Å². The van der Waals surface area contributed by atoms with Gasteiger partial charge < -0.3 is 0 Å². The molecule has 3 heterocycles. The van der Waals surface area contributed by atoms with Crippen LogP contribution >= 0.6 is 0 Å². The fourth-order valence-corrected chi connectivity index (χ4v) is 4.69. The first-order chi connectivity index (χ1) is 16.7. The molecule has 0 amide bonds. The van der Waals surface area contributed by atoms with E-state index in [9.17, 15) is 0 Å². The first kappa shape index (κ1) is 20.3. The van der Waals surface area contributed by atoms with Gasteiger partial charge in [-0.05, 0) is 83.3 Å². The zero-order valence-corrected chi connectivity index (χ0v) is 19.2. The molecule has 0 N–H and O–H groups in total. The van der Waals surface area contributed by atoms with E-state index in [0.717, 1.165) is 33.5 Å². The monoisotopic (exact) mass is 437 g/mol. The molecular weight excluding hydrogens is 414 g/mol. The number of aromatic nitrogens is 3. The van der Waals surface area contributed by atoms with Crippen LogP contribution in [0, 0.1) is 13.8 Å². The van der Waals surface area contributed by atoms with Crippen molar-refractivity contribution < 1.29 is 0 Å². The van der Waals surface area contributed by atoms with Gasteiger partial charge in [0.05, 0.1) is 11.2 Å². The standard InChI is InChI=1S/C31H23N3/c1-20-11-13-34-30(14-20)22-10-9-21(2)28(16-22)23-15-24(19-32-18-23)29-17-31-27(8-5-12-33-31)25-6-3-4-7-26(25)29/h3-19H,1-2H3. The molecule has 6 aromatic rings. The number of benzene rings is 3. The molecule has 34 heavy (non-hydrogen) atoms. The van der Waals surface area contributed by atoms with Crippen molar-refractivity contribution in [2.45, 2.75) is 13.8 Å². The van der Waals surface area contributed by atoms with Gasteiger partial charge in [0.1, 0.15) is 0 Å². The van der Waals surface area contributed by atoms with Crippen LogP contribution in [0.1, 0.15) is 11.1 Å². The maximum atomic E-state index is 4.65. The van der Waals surface area contributed by atoms with E-state index in [2.05, 4.69) is 95.5 Å². The Kier molecular flexibility index (Phi) is 4.88. The fraction of sp³-hybridized carbons (Fsp3) is 0.0645. The van der Waals surface area contributed by atoms with Gasteiger partial charge in [0.25, 0.3) is 0 Å². The second-order valence-corrected chi connectivity index (χ2v) is 8.75. The van der Waals surface area contributed by atoms with Crippen LogP contribution in [0.2, 0.25) is 0 Å². The van der Waals surface area contributed by atoms with E-state index in [1.165, 1.54) is 32.8 Å². The largest absolute Gasteiger partial charge is 0.263 e. The second kappa shape index (κ2) is 8.20. The molecule has 0 aliphatic rings. The maximum Gasteiger partial charge on any atom is 0.0714 e. The molecule has 0 saturated carbocycles. The van der Waals surface area contributed by atoms with Gasteiger partial charge in [0, 0.05) is 46.9 Å². The highest BCUT2D eigenvalue weighted by molar-refractivity contribution is 6.12. The molecule has 0 spiro atoms. The molecule has 162 valence electrons. The highest BCUT2D eigenvalue weighted by Gasteiger charge is 2.12. The van der Waals surface area contributed by atoms with Crippen LogP contribution < -0.4 is 0 Å². The van der Waals surface area contributed by atoms with E-state index in [-0.39, 0.29) is 0 Å². The smallest absolute Gasteiger partial charge is 0.0714 e. The summed E-state index contributed by atoms with van der Waals surface area (Å²) in [6.07, 6.45) is 7.61. The lowest BCUT2D eigenvalue weighted by atomic mass is 9.93. The summed E-state index contributed by atoms with van der Waals surface area (Å²) in [6.45, 7) is 4.24. The summed E-state index contributed by atoms with van der Waals surface area (Å²) in [6, 6.07) is 27.7. The second-order valence-electron chi connectivity index (χ2n) is 8.75. The van der Waals surface area contributed by atoms with Crippen LogP contribution in [0.3, 0.4) is 0 Å². The summed E-state index contributed by atoms with van der Waals surface area (Å²) in [5.41, 5.74) is 9.98. The molecule has 0 radical (unpaired) electrons. The summed E-state index contributed by atoms with van der Waals surface area (Å²) < 4.78 is 0. The van der Waals surface area contributed by atoms with Crippen molar-refractivity contribution in [2.24, 2.45) is 0 Å². The van der Waals surface area contributed by atoms with Gasteiger partial charge in [-0.1, -0.05) is 42.5 Å². The lowest BCUT2D eigenvalue weighted by Crippen LogP contribution is -1.91. The summed E-state index contributed by atoms with van der Waals surface area (Å²) in [7, 11) is 0. The lowest BCUT2D eigenvalue weighted by molar-refractivity contribution is 1.28. The topological polar surface area (TPSA) is 38.7 Å². The SMILES string of the molecule is Cc1ccnc(-c2ccc(C)c(-c3cncc(-c4cc5ncccc5c5ccccc45)c3)c2)c1. The number of nitrogens with zero attached hydrogens (tertiary/aromatic N) is 3. The van der Waals surface area contributed by atoms with Gasteiger partial charge in [-0.3, -0.25) is 15.0 Å². The Morgan fingerprint density at radius 2 is 1.35 bits per heavy atom. The molecule has 0 fully saturated rings. The Bertz CT molecular complexity index is 1680. The summed E-state index contributed by atoms with van der Waals surface area (Å²) in [4.78, 5) is 13.9. The van der Waals surface area contributed by atoms with Gasteiger partial charge in [0.15, 0.2) is 0 Å². The van der Waals surface area contributed by atoms with E-state index in [4.69, 9.17) is 0 Å². The molecule has 0 aliphatic heterocycles. The molecule has 3 heteroatoms. The number of rotatable bonds is 3. The Morgan fingerprint density at radius 1 is 0.559 bits per heavy atom. The lowest BCUT2D eigenvalue weighted by Gasteiger charge is -2.13. The van der Waals surface area contributed by atoms with Crippen molar-refractivity contribution in [3.63, 3.8) is 0 Å². The molecule has 0 unspecified atom stereocenters. The van der Waals surface area contributed by atoms with Crippen LogP contribution in [-0.2, 0) is 0 Å². The molecule has 0 atom stereocenters. The molecular formula is C31H23N3. The average molecular weight is 438 g/mol. The predicted molar refractivity (Wildman–Crippen MR) is 141 cm³/mol. The van der Waals surface area contributed by atoms with E-state index in [1.54, 1.807) is 0 Å². The van der Waals surface area contributed by atoms with Crippen molar-refractivity contribution in [1.82, 2.24) is 15.0 Å². The molecule has 3 aromatic heterocycles. The highest BCUT2D eigenvalue weighted by atomic mass is 14.7. The molecule has 0 bridgehead atoms. The minimum Gasteiger partial charge on any atom is -0.263 e. The van der Waals surface area contributed by atoms with Crippen molar-refractivity contribution >= 4 is 21.7 Å². The van der Waals surface area contributed by atoms with E-state index >= 15 is 0 Å². The number of fused-ring (bicyclic) bond motifs is 3. The maximum absolute atomic E-state index is 4.65. The average Bonchev–Trinajstić information content (AvgIpc) is 2.88. The van der Waals surface area contributed by atoms with Crippen LogP contribution in [-0.4, -0.2) is 15.0 Å². The Labute approximate surface area is 198 Å². The minimum absolute atomic E-state index is 0.983. The van der Waals surface area contributed by atoms with Gasteiger partial charge >= 0.3 is 0 Å². The first-order valence-electron chi connectivity index (χ1n) is 11.4. The molecule has 0 aliphatic carbocycles. The van der Waals surface area contributed by atoms with Crippen LogP contribution in [0.25, 0.3) is 55.2 Å². The van der Waals surface area contributed by atoms with Crippen molar-refractivity contribution in [2.75, 3.05) is 0 Å². The number of aryl methyl sites for hydroxylation is 2. The highest BCUT2D eigenvalue weighted by Crippen LogP contribution is 2.36. The number of pyridine rings is 3. The Morgan fingerprint density at radius 3 is 2.21 bits per heavy atom. The predicted octanol–water partition coefficient (Wildman–Crippen LogP) is 7.80. The minimum atomic E-state index is 0.983. The zero-order chi connectivity index (χ0) is 23.1.